The Bertz CT molecular complexity index is 492. The van der Waals surface area contributed by atoms with Crippen LogP contribution in [0.3, 0.4) is 0 Å². The Balaban J connectivity index is 2.75. The summed E-state index contributed by atoms with van der Waals surface area (Å²) in [4.78, 5) is 0. The summed E-state index contributed by atoms with van der Waals surface area (Å²) in [6.07, 6.45) is 0. The van der Waals surface area contributed by atoms with Crippen LogP contribution in [0.15, 0.2) is 46.6 Å². The van der Waals surface area contributed by atoms with E-state index in [0.29, 0.717) is 5.69 Å². The first kappa shape index (κ1) is 8.69. The van der Waals surface area contributed by atoms with E-state index >= 15 is 0 Å². The van der Waals surface area contributed by atoms with Gasteiger partial charge in [-0.05, 0) is 11.5 Å². The standard InChI is InChI=1S/C11H10N2O/c1-12-13-10-7-6-8-4-2-3-5-9(8)11(10)14/h2-7,14H,1H3. The molecule has 0 radical (unpaired) electrons. The molecule has 14 heavy (non-hydrogen) atoms. The van der Waals surface area contributed by atoms with Crippen molar-refractivity contribution in [1.82, 2.24) is 0 Å². The summed E-state index contributed by atoms with van der Waals surface area (Å²) in [5.74, 6) is 0.189. The Morgan fingerprint density at radius 3 is 2.64 bits per heavy atom. The molecule has 2 aromatic carbocycles. The maximum absolute atomic E-state index is 9.83. The average molecular weight is 186 g/mol. The molecule has 0 fully saturated rings. The topological polar surface area (TPSA) is 45.0 Å². The van der Waals surface area contributed by atoms with E-state index in [4.69, 9.17) is 0 Å². The number of azo groups is 1. The van der Waals surface area contributed by atoms with Gasteiger partial charge in [0, 0.05) is 12.4 Å². The highest BCUT2D eigenvalue weighted by Gasteiger charge is 2.03. The Morgan fingerprint density at radius 1 is 1.07 bits per heavy atom. The minimum absolute atomic E-state index is 0.189. The van der Waals surface area contributed by atoms with Gasteiger partial charge in [-0.2, -0.15) is 10.2 Å². The third-order valence-electron chi connectivity index (χ3n) is 2.09. The number of benzene rings is 2. The maximum Gasteiger partial charge on any atom is 0.150 e. The SMILES string of the molecule is CN=Nc1ccc2ccccc2c1O. The molecule has 2 aromatic rings. The molecule has 3 nitrogen and oxygen atoms in total. The highest BCUT2D eigenvalue weighted by Crippen LogP contribution is 2.34. The molecule has 2 rings (SSSR count). The molecule has 70 valence electrons. The second-order valence-corrected chi connectivity index (χ2v) is 2.95. The van der Waals surface area contributed by atoms with Crippen molar-refractivity contribution >= 4 is 16.5 Å². The van der Waals surface area contributed by atoms with Gasteiger partial charge in [0.25, 0.3) is 0 Å². The lowest BCUT2D eigenvalue weighted by molar-refractivity contribution is 0.482. The van der Waals surface area contributed by atoms with Gasteiger partial charge in [0.15, 0.2) is 5.75 Å². The zero-order valence-electron chi connectivity index (χ0n) is 7.81. The Hall–Kier alpha value is -1.90. The fraction of sp³-hybridized carbons (Fsp3) is 0.0909. The molecule has 0 aromatic heterocycles. The molecule has 0 atom stereocenters. The zero-order chi connectivity index (χ0) is 9.97. The van der Waals surface area contributed by atoms with Gasteiger partial charge in [0.05, 0.1) is 0 Å². The van der Waals surface area contributed by atoms with Gasteiger partial charge in [-0.3, -0.25) is 0 Å². The van der Waals surface area contributed by atoms with Gasteiger partial charge in [-0.25, -0.2) is 0 Å². The molecule has 0 aliphatic rings. The van der Waals surface area contributed by atoms with Crippen molar-refractivity contribution in [2.45, 2.75) is 0 Å². The molecule has 0 saturated heterocycles. The van der Waals surface area contributed by atoms with Gasteiger partial charge in [-0.1, -0.05) is 30.3 Å². The molecule has 0 spiro atoms. The van der Waals surface area contributed by atoms with Crippen LogP contribution in [0, 0.1) is 0 Å². The van der Waals surface area contributed by atoms with E-state index in [-0.39, 0.29) is 5.75 Å². The van der Waals surface area contributed by atoms with Crippen molar-refractivity contribution in [3.05, 3.63) is 36.4 Å². The largest absolute Gasteiger partial charge is 0.505 e. The van der Waals surface area contributed by atoms with Gasteiger partial charge < -0.3 is 5.11 Å². The normalized spacial score (nSPS) is 11.2. The number of phenolic OH excluding ortho intramolecular Hbond substituents is 1. The molecule has 0 amide bonds. The fourth-order valence-corrected chi connectivity index (χ4v) is 1.43. The summed E-state index contributed by atoms with van der Waals surface area (Å²) in [7, 11) is 1.58. The van der Waals surface area contributed by atoms with Crippen LogP contribution in [0.2, 0.25) is 0 Å². The molecule has 0 unspecified atom stereocenters. The van der Waals surface area contributed by atoms with E-state index in [1.807, 2.05) is 30.3 Å². The van der Waals surface area contributed by atoms with E-state index in [9.17, 15) is 5.11 Å². The fourth-order valence-electron chi connectivity index (χ4n) is 1.43. The Morgan fingerprint density at radius 2 is 1.86 bits per heavy atom. The van der Waals surface area contributed by atoms with Gasteiger partial charge in [0.1, 0.15) is 5.69 Å². The van der Waals surface area contributed by atoms with Crippen LogP contribution < -0.4 is 0 Å². The molecular formula is C11H10N2O. The minimum Gasteiger partial charge on any atom is -0.505 e. The van der Waals surface area contributed by atoms with E-state index in [2.05, 4.69) is 10.2 Å². The highest BCUT2D eigenvalue weighted by molar-refractivity contribution is 5.92. The lowest BCUT2D eigenvalue weighted by atomic mass is 10.1. The number of phenols is 1. The number of hydrogen-bond acceptors (Lipinski definition) is 3. The molecule has 0 saturated carbocycles. The minimum atomic E-state index is 0.189. The number of aromatic hydroxyl groups is 1. The second kappa shape index (κ2) is 3.46. The van der Waals surface area contributed by atoms with Crippen LogP contribution in [-0.2, 0) is 0 Å². The maximum atomic E-state index is 9.83. The van der Waals surface area contributed by atoms with Crippen LogP contribution in [-0.4, -0.2) is 12.2 Å². The first-order valence-electron chi connectivity index (χ1n) is 4.33. The van der Waals surface area contributed by atoms with Crippen LogP contribution in [0.5, 0.6) is 5.75 Å². The van der Waals surface area contributed by atoms with Gasteiger partial charge in [-0.15, -0.1) is 0 Å². The predicted octanol–water partition coefficient (Wildman–Crippen LogP) is 3.26. The van der Waals surface area contributed by atoms with Crippen molar-refractivity contribution in [3.8, 4) is 5.75 Å². The number of fused-ring (bicyclic) bond motifs is 1. The molecule has 1 N–H and O–H groups in total. The number of rotatable bonds is 1. The summed E-state index contributed by atoms with van der Waals surface area (Å²) in [6, 6.07) is 11.3. The second-order valence-electron chi connectivity index (χ2n) is 2.95. The van der Waals surface area contributed by atoms with Crippen LogP contribution in [0.4, 0.5) is 5.69 Å². The molecule has 3 heteroatoms. The number of nitrogens with zero attached hydrogens (tertiary/aromatic N) is 2. The molecule has 0 bridgehead atoms. The van der Waals surface area contributed by atoms with Gasteiger partial charge >= 0.3 is 0 Å². The third-order valence-corrected chi connectivity index (χ3v) is 2.09. The lowest BCUT2D eigenvalue weighted by Gasteiger charge is -2.02. The zero-order valence-corrected chi connectivity index (χ0v) is 7.81. The van der Waals surface area contributed by atoms with E-state index in [1.165, 1.54) is 0 Å². The van der Waals surface area contributed by atoms with Crippen molar-refractivity contribution in [2.24, 2.45) is 10.2 Å². The first-order chi connectivity index (χ1) is 6.83. The van der Waals surface area contributed by atoms with Crippen molar-refractivity contribution < 1.29 is 5.11 Å². The highest BCUT2D eigenvalue weighted by atomic mass is 16.3. The van der Waals surface area contributed by atoms with E-state index < -0.39 is 0 Å². The Kier molecular flexibility index (Phi) is 2.14. The summed E-state index contributed by atoms with van der Waals surface area (Å²) in [5.41, 5.74) is 0.506. The van der Waals surface area contributed by atoms with E-state index in [0.717, 1.165) is 10.8 Å². The summed E-state index contributed by atoms with van der Waals surface area (Å²) in [6.45, 7) is 0. The molecule has 0 heterocycles. The average Bonchev–Trinajstić information content (AvgIpc) is 2.23. The quantitative estimate of drug-likeness (QED) is 0.682. The van der Waals surface area contributed by atoms with Crippen LogP contribution >= 0.6 is 0 Å². The van der Waals surface area contributed by atoms with Crippen molar-refractivity contribution in [3.63, 3.8) is 0 Å². The third kappa shape index (κ3) is 1.33. The predicted molar refractivity (Wildman–Crippen MR) is 56.1 cm³/mol. The van der Waals surface area contributed by atoms with E-state index in [1.54, 1.807) is 13.1 Å². The van der Waals surface area contributed by atoms with Crippen LogP contribution in [0.25, 0.3) is 10.8 Å². The van der Waals surface area contributed by atoms with Crippen molar-refractivity contribution in [1.29, 1.82) is 0 Å². The first-order valence-corrected chi connectivity index (χ1v) is 4.33. The Labute approximate surface area is 81.7 Å². The monoisotopic (exact) mass is 186 g/mol. The van der Waals surface area contributed by atoms with Crippen LogP contribution in [0.1, 0.15) is 0 Å². The summed E-state index contributed by atoms with van der Waals surface area (Å²) in [5, 5.41) is 19.1. The summed E-state index contributed by atoms with van der Waals surface area (Å²) < 4.78 is 0. The summed E-state index contributed by atoms with van der Waals surface area (Å²) >= 11 is 0. The van der Waals surface area contributed by atoms with Gasteiger partial charge in [0.2, 0.25) is 0 Å². The smallest absolute Gasteiger partial charge is 0.150 e. The molecule has 0 aliphatic heterocycles. The molecule has 0 aliphatic carbocycles. The lowest BCUT2D eigenvalue weighted by Crippen LogP contribution is -1.74. The van der Waals surface area contributed by atoms with Crippen molar-refractivity contribution in [2.75, 3.05) is 7.05 Å². The number of hydrogen-bond donors (Lipinski definition) is 1. The molecular weight excluding hydrogens is 176 g/mol.